The lowest BCUT2D eigenvalue weighted by molar-refractivity contribution is -0.139. The summed E-state index contributed by atoms with van der Waals surface area (Å²) in [4.78, 5) is 35.7. The highest BCUT2D eigenvalue weighted by Gasteiger charge is 2.11. The minimum atomic E-state index is -0.867. The smallest absolute Gasteiger partial charge is 0.329 e. The average molecular weight is 479 g/mol. The molecule has 0 radical (unpaired) electrons. The summed E-state index contributed by atoms with van der Waals surface area (Å²) in [7, 11) is 0. The number of hydrogen-bond donors (Lipinski definition) is 3. The van der Waals surface area contributed by atoms with Gasteiger partial charge >= 0.3 is 11.8 Å². The topological polar surface area (TPSA) is 109 Å². The summed E-state index contributed by atoms with van der Waals surface area (Å²) in [5.41, 5.74) is 5.43. The third-order valence-corrected chi connectivity index (χ3v) is 4.75. The maximum atomic E-state index is 12.0. The van der Waals surface area contributed by atoms with Crippen LogP contribution in [0.4, 0.5) is 5.69 Å². The van der Waals surface area contributed by atoms with Crippen LogP contribution in [0.1, 0.15) is 16.7 Å². The van der Waals surface area contributed by atoms with E-state index < -0.39 is 11.8 Å². The number of carbonyl (C=O) groups excluding carboxylic acids is 3. The number of carbonyl (C=O) groups is 3. The van der Waals surface area contributed by atoms with E-state index >= 15 is 0 Å². The summed E-state index contributed by atoms with van der Waals surface area (Å²) in [5, 5.41) is 9.53. The molecule has 0 spiro atoms. The molecular formula is C25H23ClN4O4. The highest BCUT2D eigenvalue weighted by atomic mass is 35.5. The van der Waals surface area contributed by atoms with E-state index in [0.717, 1.165) is 11.1 Å². The molecule has 3 rings (SSSR count). The maximum absolute atomic E-state index is 12.0. The Morgan fingerprint density at radius 3 is 2.41 bits per heavy atom. The fraction of sp³-hybridized carbons (Fsp3) is 0.120. The molecule has 0 bridgehead atoms. The van der Waals surface area contributed by atoms with Crippen LogP contribution in [-0.2, 0) is 20.9 Å². The van der Waals surface area contributed by atoms with Crippen LogP contribution in [0, 0.1) is 6.92 Å². The average Bonchev–Trinajstić information content (AvgIpc) is 2.83. The minimum Gasteiger partial charge on any atom is -0.484 e. The molecule has 3 aromatic rings. The normalized spacial score (nSPS) is 10.5. The number of aryl methyl sites for hydroxylation is 1. The Morgan fingerprint density at radius 2 is 1.71 bits per heavy atom. The molecule has 9 heteroatoms. The van der Waals surface area contributed by atoms with Crippen molar-refractivity contribution in [1.29, 1.82) is 0 Å². The van der Waals surface area contributed by atoms with Crippen LogP contribution in [0.25, 0.3) is 0 Å². The molecule has 0 atom stereocenters. The van der Waals surface area contributed by atoms with Gasteiger partial charge in [0.2, 0.25) is 0 Å². The van der Waals surface area contributed by atoms with Gasteiger partial charge < -0.3 is 15.4 Å². The Labute approximate surface area is 202 Å². The predicted molar refractivity (Wildman–Crippen MR) is 131 cm³/mol. The van der Waals surface area contributed by atoms with Gasteiger partial charge in [-0.2, -0.15) is 5.10 Å². The maximum Gasteiger partial charge on any atom is 0.329 e. The standard InChI is InChI=1S/C25H23ClN4O4/c1-17-5-7-18(8-6-17)14-27-24(32)25(33)30-28-15-19-9-11-22(12-10-19)34-16-23(31)29-21-4-2-3-20(26)13-21/h2-13,15H,14,16H2,1H3,(H,27,32)(H,29,31)(H,30,33)/b28-15-. The lowest BCUT2D eigenvalue weighted by Gasteiger charge is -2.08. The molecule has 0 aliphatic heterocycles. The molecular weight excluding hydrogens is 456 g/mol. The number of halogens is 1. The first-order chi connectivity index (χ1) is 16.4. The molecule has 0 aliphatic carbocycles. The highest BCUT2D eigenvalue weighted by Crippen LogP contribution is 2.15. The Hall–Kier alpha value is -4.17. The Morgan fingerprint density at radius 1 is 0.971 bits per heavy atom. The van der Waals surface area contributed by atoms with Crippen molar-refractivity contribution in [2.45, 2.75) is 13.5 Å². The van der Waals surface area contributed by atoms with Crippen molar-refractivity contribution in [3.63, 3.8) is 0 Å². The van der Waals surface area contributed by atoms with Crippen molar-refractivity contribution in [1.82, 2.24) is 10.7 Å². The predicted octanol–water partition coefficient (Wildman–Crippen LogP) is 3.43. The van der Waals surface area contributed by atoms with E-state index in [-0.39, 0.29) is 19.1 Å². The molecule has 0 aliphatic rings. The van der Waals surface area contributed by atoms with Gasteiger partial charge in [0.15, 0.2) is 6.61 Å². The van der Waals surface area contributed by atoms with Gasteiger partial charge in [0.25, 0.3) is 5.91 Å². The third kappa shape index (κ3) is 8.07. The molecule has 3 N–H and O–H groups in total. The molecule has 3 aromatic carbocycles. The van der Waals surface area contributed by atoms with Crippen LogP contribution in [0.5, 0.6) is 5.75 Å². The first kappa shape index (κ1) is 24.5. The van der Waals surface area contributed by atoms with E-state index in [2.05, 4.69) is 21.2 Å². The lowest BCUT2D eigenvalue weighted by atomic mass is 10.1. The van der Waals surface area contributed by atoms with Gasteiger partial charge in [-0.05, 0) is 60.5 Å². The van der Waals surface area contributed by atoms with Crippen LogP contribution >= 0.6 is 11.6 Å². The fourth-order valence-electron chi connectivity index (χ4n) is 2.75. The number of benzene rings is 3. The van der Waals surface area contributed by atoms with E-state index in [1.807, 2.05) is 31.2 Å². The monoisotopic (exact) mass is 478 g/mol. The second-order valence-corrected chi connectivity index (χ2v) is 7.72. The summed E-state index contributed by atoms with van der Waals surface area (Å²) in [6.45, 7) is 2.04. The van der Waals surface area contributed by atoms with E-state index in [0.29, 0.717) is 22.0 Å². The molecule has 0 fully saturated rings. The number of ether oxygens (including phenoxy) is 1. The third-order valence-electron chi connectivity index (χ3n) is 4.52. The first-order valence-electron chi connectivity index (χ1n) is 10.3. The summed E-state index contributed by atoms with van der Waals surface area (Å²) in [6, 6.07) is 21.1. The largest absolute Gasteiger partial charge is 0.484 e. The van der Waals surface area contributed by atoms with Crippen LogP contribution in [-0.4, -0.2) is 30.5 Å². The summed E-state index contributed by atoms with van der Waals surface area (Å²) in [6.07, 6.45) is 1.39. The molecule has 34 heavy (non-hydrogen) atoms. The molecule has 0 saturated heterocycles. The van der Waals surface area contributed by atoms with Gasteiger partial charge in [0.1, 0.15) is 5.75 Å². The van der Waals surface area contributed by atoms with Crippen LogP contribution in [0.3, 0.4) is 0 Å². The van der Waals surface area contributed by atoms with Crippen molar-refractivity contribution < 1.29 is 19.1 Å². The van der Waals surface area contributed by atoms with Gasteiger partial charge in [-0.15, -0.1) is 0 Å². The Kier molecular flexibility index (Phi) is 8.76. The highest BCUT2D eigenvalue weighted by molar-refractivity contribution is 6.35. The lowest BCUT2D eigenvalue weighted by Crippen LogP contribution is -2.37. The van der Waals surface area contributed by atoms with Gasteiger partial charge in [0, 0.05) is 17.3 Å². The zero-order valence-electron chi connectivity index (χ0n) is 18.4. The Bertz CT molecular complexity index is 1180. The number of hydrazone groups is 1. The molecule has 0 aromatic heterocycles. The van der Waals surface area contributed by atoms with Gasteiger partial charge in [-0.25, -0.2) is 5.43 Å². The molecule has 3 amide bonds. The van der Waals surface area contributed by atoms with E-state index in [1.54, 1.807) is 48.5 Å². The molecule has 8 nitrogen and oxygen atoms in total. The SMILES string of the molecule is Cc1ccc(CNC(=O)C(=O)N/N=C\c2ccc(OCC(=O)Nc3cccc(Cl)c3)cc2)cc1. The quantitative estimate of drug-likeness (QED) is 0.262. The summed E-state index contributed by atoms with van der Waals surface area (Å²) >= 11 is 5.89. The van der Waals surface area contributed by atoms with Crippen LogP contribution in [0.2, 0.25) is 5.02 Å². The second-order valence-electron chi connectivity index (χ2n) is 7.28. The van der Waals surface area contributed by atoms with E-state index in [4.69, 9.17) is 16.3 Å². The molecule has 0 unspecified atom stereocenters. The molecule has 174 valence electrons. The number of amides is 3. The zero-order chi connectivity index (χ0) is 24.3. The zero-order valence-corrected chi connectivity index (χ0v) is 19.1. The Balaban J connectivity index is 1.39. The second kappa shape index (κ2) is 12.2. The van der Waals surface area contributed by atoms with Crippen molar-refractivity contribution in [2.75, 3.05) is 11.9 Å². The number of anilines is 1. The molecule has 0 heterocycles. The van der Waals surface area contributed by atoms with Crippen molar-refractivity contribution in [2.24, 2.45) is 5.10 Å². The van der Waals surface area contributed by atoms with Crippen molar-refractivity contribution in [3.05, 3.63) is 94.5 Å². The summed E-state index contributed by atoms with van der Waals surface area (Å²) in [5.74, 6) is -1.49. The van der Waals surface area contributed by atoms with E-state index in [1.165, 1.54) is 6.21 Å². The summed E-state index contributed by atoms with van der Waals surface area (Å²) < 4.78 is 5.46. The number of hydrogen-bond acceptors (Lipinski definition) is 5. The first-order valence-corrected chi connectivity index (χ1v) is 10.7. The van der Waals surface area contributed by atoms with Gasteiger partial charge in [-0.1, -0.05) is 47.5 Å². The number of rotatable bonds is 8. The van der Waals surface area contributed by atoms with Gasteiger partial charge in [-0.3, -0.25) is 14.4 Å². The fourth-order valence-corrected chi connectivity index (χ4v) is 2.94. The van der Waals surface area contributed by atoms with Crippen LogP contribution < -0.4 is 20.8 Å². The van der Waals surface area contributed by atoms with E-state index in [9.17, 15) is 14.4 Å². The van der Waals surface area contributed by atoms with Crippen molar-refractivity contribution >= 4 is 41.2 Å². The van der Waals surface area contributed by atoms with Crippen LogP contribution in [0.15, 0.2) is 77.9 Å². The number of nitrogens with zero attached hydrogens (tertiary/aromatic N) is 1. The number of nitrogens with one attached hydrogen (secondary N) is 3. The molecule has 0 saturated carbocycles. The van der Waals surface area contributed by atoms with Gasteiger partial charge in [0.05, 0.1) is 6.21 Å². The van der Waals surface area contributed by atoms with Crippen molar-refractivity contribution in [3.8, 4) is 5.75 Å². The minimum absolute atomic E-state index is 0.173.